The van der Waals surface area contributed by atoms with Gasteiger partial charge in [-0.25, -0.2) is 8.42 Å². The number of carboxylic acids is 1. The van der Waals surface area contributed by atoms with Crippen LogP contribution >= 0.6 is 34.8 Å². The van der Waals surface area contributed by atoms with Gasteiger partial charge < -0.3 is 9.84 Å². The molecule has 2 rings (SSSR count). The lowest BCUT2D eigenvalue weighted by atomic mass is 10.1. The molecule has 10 heteroatoms. The second kappa shape index (κ2) is 9.01. The van der Waals surface area contributed by atoms with Crippen LogP contribution < -0.4 is 9.46 Å². The van der Waals surface area contributed by atoms with E-state index in [2.05, 4.69) is 4.72 Å². The lowest BCUT2D eigenvalue weighted by molar-refractivity contribution is -0.136. The molecule has 0 heterocycles. The van der Waals surface area contributed by atoms with Crippen molar-refractivity contribution in [2.24, 2.45) is 0 Å². The Hall–Kier alpha value is -1.67. The van der Waals surface area contributed by atoms with Crippen LogP contribution in [0.5, 0.6) is 5.75 Å². The summed E-state index contributed by atoms with van der Waals surface area (Å²) in [7, 11) is -3.47. The Morgan fingerprint density at radius 2 is 1.81 bits per heavy atom. The zero-order valence-corrected chi connectivity index (χ0v) is 17.2. The van der Waals surface area contributed by atoms with Crippen molar-refractivity contribution in [1.82, 2.24) is 0 Å². The number of sulfonamides is 1. The Bertz CT molecular complexity index is 940. The van der Waals surface area contributed by atoms with Gasteiger partial charge in [0.15, 0.2) is 5.75 Å². The maximum Gasteiger partial charge on any atom is 0.303 e. The monoisotopic (exact) mass is 451 g/mol. The van der Waals surface area contributed by atoms with E-state index in [9.17, 15) is 13.2 Å². The van der Waals surface area contributed by atoms with Crippen LogP contribution in [-0.2, 0) is 27.8 Å². The number of nitrogens with one attached hydrogen (secondary N) is 1. The minimum atomic E-state index is -3.47. The highest BCUT2D eigenvalue weighted by atomic mass is 35.5. The van der Waals surface area contributed by atoms with E-state index in [1.165, 1.54) is 6.07 Å². The summed E-state index contributed by atoms with van der Waals surface area (Å²) in [4.78, 5) is 10.7. The third kappa shape index (κ3) is 6.46. The van der Waals surface area contributed by atoms with Crippen molar-refractivity contribution in [1.29, 1.82) is 0 Å². The molecule has 146 valence electrons. The summed E-state index contributed by atoms with van der Waals surface area (Å²) in [5, 5.41) is 9.43. The van der Waals surface area contributed by atoms with Crippen molar-refractivity contribution in [3.8, 4) is 5.75 Å². The molecule has 0 saturated carbocycles. The second-order valence-electron chi connectivity index (χ2n) is 5.72. The number of hydrogen-bond donors (Lipinski definition) is 2. The zero-order valence-electron chi connectivity index (χ0n) is 14.1. The summed E-state index contributed by atoms with van der Waals surface area (Å²) in [5.74, 6) is -0.685. The largest absolute Gasteiger partial charge is 0.486 e. The van der Waals surface area contributed by atoms with E-state index in [1.807, 2.05) is 0 Å². The summed E-state index contributed by atoms with van der Waals surface area (Å²) in [5.41, 5.74) is 1.45. The van der Waals surface area contributed by atoms with Gasteiger partial charge in [-0.15, -0.1) is 0 Å². The Balaban J connectivity index is 2.17. The molecule has 0 atom stereocenters. The van der Waals surface area contributed by atoms with Gasteiger partial charge in [-0.2, -0.15) is 0 Å². The number of halogens is 3. The molecule has 0 spiro atoms. The van der Waals surface area contributed by atoms with Crippen molar-refractivity contribution in [2.45, 2.75) is 19.4 Å². The molecule has 0 aliphatic heterocycles. The van der Waals surface area contributed by atoms with Crippen LogP contribution in [0.25, 0.3) is 0 Å². The summed E-state index contributed by atoms with van der Waals surface area (Å²) in [6.07, 6.45) is 1.28. The van der Waals surface area contributed by atoms with Crippen LogP contribution in [0, 0.1) is 0 Å². The van der Waals surface area contributed by atoms with Crippen LogP contribution in [0.3, 0.4) is 0 Å². The fourth-order valence-corrected chi connectivity index (χ4v) is 3.76. The lowest BCUT2D eigenvalue weighted by Gasteiger charge is -2.14. The van der Waals surface area contributed by atoms with Crippen molar-refractivity contribution in [3.05, 3.63) is 56.5 Å². The van der Waals surface area contributed by atoms with E-state index >= 15 is 0 Å². The highest BCUT2D eigenvalue weighted by molar-refractivity contribution is 7.92. The molecule has 0 aromatic heterocycles. The van der Waals surface area contributed by atoms with E-state index in [-0.39, 0.29) is 39.5 Å². The van der Waals surface area contributed by atoms with E-state index in [4.69, 9.17) is 44.6 Å². The molecule has 0 amide bonds. The standard InChI is InChI=1S/C17H16Cl3NO5S/c1-27(24,25)21-14-4-2-3-11(16(14)20)9-26-17-12(18)7-10(8-13(17)19)5-6-15(22)23/h2-4,7-8,21H,5-6,9H2,1H3,(H,22,23). The minimum absolute atomic E-state index is 0.00598. The van der Waals surface area contributed by atoms with Crippen LogP contribution in [0.2, 0.25) is 15.1 Å². The molecule has 0 aliphatic rings. The molecule has 6 nitrogen and oxygen atoms in total. The Kier molecular flexibility index (Phi) is 7.22. The van der Waals surface area contributed by atoms with E-state index in [1.54, 1.807) is 24.3 Å². The smallest absolute Gasteiger partial charge is 0.303 e. The van der Waals surface area contributed by atoms with Gasteiger partial charge in [-0.3, -0.25) is 9.52 Å². The number of aryl methyl sites for hydroxylation is 1. The van der Waals surface area contributed by atoms with Gasteiger partial charge in [0.1, 0.15) is 6.61 Å². The van der Waals surface area contributed by atoms with Crippen LogP contribution in [0.4, 0.5) is 5.69 Å². The molecule has 0 unspecified atom stereocenters. The number of carboxylic acid groups (broad SMARTS) is 1. The van der Waals surface area contributed by atoms with Crippen LogP contribution in [0.15, 0.2) is 30.3 Å². The SMILES string of the molecule is CS(=O)(=O)Nc1cccc(COc2c(Cl)cc(CCC(=O)O)cc2Cl)c1Cl. The van der Waals surface area contributed by atoms with Crippen molar-refractivity contribution >= 4 is 56.5 Å². The number of rotatable bonds is 8. The highest BCUT2D eigenvalue weighted by Gasteiger charge is 2.14. The minimum Gasteiger partial charge on any atom is -0.486 e. The first-order valence-electron chi connectivity index (χ1n) is 7.64. The molecule has 2 aromatic carbocycles. The summed E-state index contributed by atoms with van der Waals surface area (Å²) >= 11 is 18.6. The summed E-state index contributed by atoms with van der Waals surface area (Å²) in [6.45, 7) is 0.00598. The summed E-state index contributed by atoms with van der Waals surface area (Å²) in [6, 6.07) is 8.03. The first kappa shape index (κ1) is 21.6. The van der Waals surface area contributed by atoms with Gasteiger partial charge >= 0.3 is 5.97 Å². The molecule has 0 fully saturated rings. The maximum absolute atomic E-state index is 11.4. The molecule has 0 bridgehead atoms. The maximum atomic E-state index is 11.4. The van der Waals surface area contributed by atoms with Gasteiger partial charge in [0.25, 0.3) is 0 Å². The molecular formula is C17H16Cl3NO5S. The quantitative estimate of drug-likeness (QED) is 0.610. The first-order chi connectivity index (χ1) is 12.6. The zero-order chi connectivity index (χ0) is 20.2. The molecule has 0 aliphatic carbocycles. The van der Waals surface area contributed by atoms with Gasteiger partial charge in [0, 0.05) is 12.0 Å². The third-order valence-electron chi connectivity index (χ3n) is 3.43. The number of benzene rings is 2. The fraction of sp³-hybridized carbons (Fsp3) is 0.235. The fourth-order valence-electron chi connectivity index (χ4n) is 2.27. The van der Waals surface area contributed by atoms with Crippen molar-refractivity contribution in [3.63, 3.8) is 0 Å². The van der Waals surface area contributed by atoms with Crippen LogP contribution in [0.1, 0.15) is 17.5 Å². The predicted molar refractivity (Wildman–Crippen MR) is 107 cm³/mol. The molecular weight excluding hydrogens is 437 g/mol. The number of carbonyl (C=O) groups is 1. The molecule has 0 radical (unpaired) electrons. The lowest BCUT2D eigenvalue weighted by Crippen LogP contribution is -2.10. The first-order valence-corrected chi connectivity index (χ1v) is 10.7. The van der Waals surface area contributed by atoms with E-state index in [0.29, 0.717) is 17.5 Å². The van der Waals surface area contributed by atoms with Gasteiger partial charge in [-0.1, -0.05) is 46.9 Å². The number of anilines is 1. The van der Waals surface area contributed by atoms with E-state index < -0.39 is 16.0 Å². The number of aliphatic carboxylic acids is 1. The molecule has 0 saturated heterocycles. The average molecular weight is 453 g/mol. The van der Waals surface area contributed by atoms with Gasteiger partial charge in [-0.05, 0) is 30.2 Å². The average Bonchev–Trinajstić information content (AvgIpc) is 2.54. The summed E-state index contributed by atoms with van der Waals surface area (Å²) < 4.78 is 30.8. The van der Waals surface area contributed by atoms with Gasteiger partial charge in [0.05, 0.1) is 27.0 Å². The van der Waals surface area contributed by atoms with Crippen molar-refractivity contribution in [2.75, 3.05) is 11.0 Å². The predicted octanol–water partition coefficient (Wildman–Crippen LogP) is 4.61. The van der Waals surface area contributed by atoms with Crippen molar-refractivity contribution < 1.29 is 23.1 Å². The van der Waals surface area contributed by atoms with E-state index in [0.717, 1.165) is 6.26 Å². The third-order valence-corrected chi connectivity index (χ3v) is 5.03. The molecule has 2 aromatic rings. The number of ether oxygens (including phenoxy) is 1. The normalized spacial score (nSPS) is 11.3. The Morgan fingerprint density at radius 3 is 2.37 bits per heavy atom. The molecule has 27 heavy (non-hydrogen) atoms. The topological polar surface area (TPSA) is 92.7 Å². The van der Waals surface area contributed by atoms with Crippen LogP contribution in [-0.4, -0.2) is 25.7 Å². The Morgan fingerprint density at radius 1 is 1.19 bits per heavy atom. The highest BCUT2D eigenvalue weighted by Crippen LogP contribution is 2.36. The Labute approximate surface area is 172 Å². The number of hydrogen-bond acceptors (Lipinski definition) is 4. The van der Waals surface area contributed by atoms with Gasteiger partial charge in [0.2, 0.25) is 10.0 Å². The second-order valence-corrected chi connectivity index (χ2v) is 8.66. The molecule has 2 N–H and O–H groups in total.